The summed E-state index contributed by atoms with van der Waals surface area (Å²) < 4.78 is 108. The first kappa shape index (κ1) is 85.3. The third-order valence-corrected chi connectivity index (χ3v) is 19.1. The number of aromatic hydroxyl groups is 2. The van der Waals surface area contributed by atoms with E-state index in [9.17, 15) is 85.6 Å². The van der Waals surface area contributed by atoms with Crippen LogP contribution in [-0.2, 0) is 52.2 Å². The number of methoxy groups -OCH3 is 7. The third-order valence-electron chi connectivity index (χ3n) is 19.1. The van der Waals surface area contributed by atoms with Crippen LogP contribution in [0.15, 0.2) is 152 Å². The van der Waals surface area contributed by atoms with Crippen LogP contribution in [0.3, 0.4) is 0 Å². The zero-order valence-electron chi connectivity index (χ0n) is 62.4. The molecule has 4 aliphatic rings. The molecule has 4 aliphatic heterocycles. The van der Waals surface area contributed by atoms with Crippen molar-refractivity contribution in [2.45, 2.75) is 123 Å². The van der Waals surface area contributed by atoms with Crippen molar-refractivity contribution in [1.29, 1.82) is 0 Å². The quantitative estimate of drug-likeness (QED) is 0.0257. The Morgan fingerprint density at radius 3 is 1.27 bits per heavy atom. The SMILES string of the molecule is COc1ccc(/C=C/C(=O)OCC2O[C@@H](Oc3c(-c4ccc(OC)cc4)oc4cc(OC)cc(OC)c4c3=O)C(OC)C(OC)[C@@H]2OC)cc1.O=C(/C=C/c1ccc(O)cc1)OCC1O[C@@H](Oc2c(-c3ccc(O[C@@H]4OC(CO)[C@@H](O)C(O)C4O)cc3)oc3cc(O[C@@H]4OC(CO)[C@@H](O)[C@H](O)C4O)cc(O)c3c2=O)C(O)C(O)[C@@H]1O. The second kappa shape index (κ2) is 38.3. The third kappa shape index (κ3) is 19.2. The van der Waals surface area contributed by atoms with Gasteiger partial charge in [0.25, 0.3) is 0 Å². The number of carbonyl (C=O) groups excluding carboxylic acids is 2. The number of aliphatic hydroxyl groups excluding tert-OH is 11. The van der Waals surface area contributed by atoms with Crippen LogP contribution < -0.4 is 48.8 Å². The van der Waals surface area contributed by atoms with E-state index in [1.54, 1.807) is 81.0 Å². The minimum Gasteiger partial charge on any atom is -0.508 e. The lowest BCUT2D eigenvalue weighted by Crippen LogP contribution is -2.62. The number of rotatable bonds is 27. The summed E-state index contributed by atoms with van der Waals surface area (Å²) in [7, 11) is 10.5. The first-order chi connectivity index (χ1) is 55.3. The molecule has 618 valence electrons. The van der Waals surface area contributed by atoms with Crippen LogP contribution in [0.2, 0.25) is 0 Å². The highest BCUT2D eigenvalue weighted by Crippen LogP contribution is 2.42. The first-order valence-electron chi connectivity index (χ1n) is 35.4. The number of phenolic OH excluding ortho intramolecular Hbond substituents is 2. The summed E-state index contributed by atoms with van der Waals surface area (Å²) in [6.45, 7) is -2.43. The highest BCUT2D eigenvalue weighted by atomic mass is 16.7. The molecule has 12 rings (SSSR count). The lowest BCUT2D eigenvalue weighted by Gasteiger charge is -2.44. The molecular weight excluding hydrogens is 1520 g/mol. The average Bonchev–Trinajstić information content (AvgIpc) is 0.753. The van der Waals surface area contributed by atoms with Gasteiger partial charge in [-0.15, -0.1) is 0 Å². The van der Waals surface area contributed by atoms with E-state index in [1.807, 2.05) is 0 Å². The molecule has 11 unspecified atom stereocenters. The Kier molecular flexibility index (Phi) is 28.4. The molecule has 0 saturated carbocycles. The number of phenols is 2. The Bertz CT molecular complexity index is 4780. The predicted molar refractivity (Wildman–Crippen MR) is 396 cm³/mol. The first-order valence-corrected chi connectivity index (χ1v) is 35.4. The van der Waals surface area contributed by atoms with Crippen molar-refractivity contribution in [1.82, 2.24) is 0 Å². The van der Waals surface area contributed by atoms with Gasteiger partial charge in [-0.3, -0.25) is 9.59 Å². The maximum atomic E-state index is 14.4. The smallest absolute Gasteiger partial charge is 0.330 e. The van der Waals surface area contributed by atoms with E-state index in [0.29, 0.717) is 28.4 Å². The van der Waals surface area contributed by atoms with Crippen LogP contribution in [0.25, 0.3) is 56.7 Å². The van der Waals surface area contributed by atoms with Gasteiger partial charge >= 0.3 is 11.9 Å². The van der Waals surface area contributed by atoms with Crippen LogP contribution in [0.1, 0.15) is 11.1 Å². The molecule has 8 aromatic rings. The van der Waals surface area contributed by atoms with Crippen molar-refractivity contribution in [3.05, 3.63) is 165 Å². The van der Waals surface area contributed by atoms with E-state index in [0.717, 1.165) is 23.8 Å². The van der Waals surface area contributed by atoms with Gasteiger partial charge in [-0.1, -0.05) is 24.3 Å². The molecule has 0 spiro atoms. The van der Waals surface area contributed by atoms with Crippen molar-refractivity contribution >= 4 is 46.0 Å². The summed E-state index contributed by atoms with van der Waals surface area (Å²) in [6.07, 6.45) is -25.2. The van der Waals surface area contributed by atoms with Crippen molar-refractivity contribution in [3.8, 4) is 80.1 Å². The molecule has 2 aromatic heterocycles. The molecule has 36 heteroatoms. The van der Waals surface area contributed by atoms with Crippen LogP contribution in [-0.4, -0.2) is 277 Å². The largest absolute Gasteiger partial charge is 0.508 e. The highest BCUT2D eigenvalue weighted by molar-refractivity contribution is 5.90. The fourth-order valence-electron chi connectivity index (χ4n) is 12.8. The molecule has 36 nitrogen and oxygen atoms in total. The molecule has 0 radical (unpaired) electrons. The maximum Gasteiger partial charge on any atom is 0.330 e. The topological polar surface area (TPSA) is 514 Å². The van der Waals surface area contributed by atoms with Gasteiger partial charge in [0.2, 0.25) is 47.5 Å². The predicted octanol–water partition coefficient (Wildman–Crippen LogP) is 1.57. The van der Waals surface area contributed by atoms with E-state index in [4.69, 9.17) is 89.4 Å². The van der Waals surface area contributed by atoms with Crippen LogP contribution in [0.5, 0.6) is 57.5 Å². The average molecular weight is 1610 g/mol. The summed E-state index contributed by atoms with van der Waals surface area (Å²) in [5, 5.41) is 134. The number of esters is 2. The Hall–Kier alpha value is -10.6. The lowest BCUT2D eigenvalue weighted by atomic mass is 9.98. The van der Waals surface area contributed by atoms with Gasteiger partial charge in [0.15, 0.2) is 11.5 Å². The second-order valence-corrected chi connectivity index (χ2v) is 26.3. The fraction of sp³-hybridized carbons (Fsp3) is 0.392. The number of ether oxygens (including phenoxy) is 17. The minimum atomic E-state index is -2.06. The Morgan fingerprint density at radius 2 is 0.791 bits per heavy atom. The minimum absolute atomic E-state index is 0.00238. The molecule has 4 fully saturated rings. The number of carbonyl (C=O) groups is 2. The maximum absolute atomic E-state index is 14.4. The molecule has 0 amide bonds. The Balaban J connectivity index is 0.000000234. The molecule has 6 aromatic carbocycles. The molecule has 115 heavy (non-hydrogen) atoms. The van der Waals surface area contributed by atoms with Gasteiger partial charge in [0.05, 0.1) is 41.7 Å². The van der Waals surface area contributed by atoms with Crippen LogP contribution >= 0.6 is 0 Å². The lowest BCUT2D eigenvalue weighted by molar-refractivity contribution is -0.292. The van der Waals surface area contributed by atoms with E-state index in [2.05, 4.69) is 0 Å². The number of hydrogen-bond acceptors (Lipinski definition) is 36. The summed E-state index contributed by atoms with van der Waals surface area (Å²) in [5.74, 6) is -1.99. The van der Waals surface area contributed by atoms with Gasteiger partial charge < -0.3 is 156 Å². The van der Waals surface area contributed by atoms with Crippen LogP contribution in [0, 0.1) is 0 Å². The molecule has 0 bridgehead atoms. The van der Waals surface area contributed by atoms with Gasteiger partial charge in [-0.25, -0.2) is 9.59 Å². The van der Waals surface area contributed by atoms with E-state index >= 15 is 0 Å². The van der Waals surface area contributed by atoms with E-state index < -0.39 is 194 Å². The number of fused-ring (bicyclic) bond motifs is 2. The van der Waals surface area contributed by atoms with Crippen molar-refractivity contribution in [2.75, 3.05) is 76.2 Å². The fourth-order valence-corrected chi connectivity index (χ4v) is 12.8. The zero-order valence-corrected chi connectivity index (χ0v) is 62.4. The Labute approximate surface area is 653 Å². The van der Waals surface area contributed by atoms with E-state index in [-0.39, 0.29) is 57.6 Å². The number of hydrogen-bond donors (Lipinski definition) is 13. The summed E-state index contributed by atoms with van der Waals surface area (Å²) in [5.41, 5.74) is -0.00832. The molecule has 20 atom stereocenters. The molecule has 13 N–H and O–H groups in total. The zero-order chi connectivity index (χ0) is 82.6. The molecule has 0 aliphatic carbocycles. The second-order valence-electron chi connectivity index (χ2n) is 26.3. The summed E-state index contributed by atoms with van der Waals surface area (Å²) in [4.78, 5) is 54.0. The standard InChI is InChI=1S/C42H46O23.C37H40O13/c43-13-23-28(48)32(52)35(55)40(62-23)59-19-8-4-17(5-9-19)38-39(31(51)27-21(46)11-20(12-22(27)61-38)60-41-36(56)33(53)29(49)24(14-44)63-41)65-42-37(57)34(54)30(50)25(64-42)15-58-26(47)10-3-16-1-6-18(45)7-2-16;1-40-23-13-8-21(9-14-23)10-17-29(38)47-20-28-33(44-5)35(45-6)36(46-7)37(49-28)50-34-31(39)30-26(43-4)18-25(42-3)19-27(30)48-32(34)22-11-15-24(41-2)16-12-22/h1-12,23-25,28-30,32-37,40-46,48-50,52-57H,13-15H2;8-19,28,33,35-37H,20H2,1-7H3/b10-3+;17-10+/t23?,24?,25?,28-,29-,30-,32?,33+,34?,35?,36?,37?,40-,41-,42+;28?,33-,35?,36?,37+/m11/s1. The van der Waals surface area contributed by atoms with Gasteiger partial charge in [-0.2, -0.15) is 0 Å². The number of benzene rings is 6. The molecule has 4 saturated heterocycles. The van der Waals surface area contributed by atoms with Crippen molar-refractivity contribution in [3.63, 3.8) is 0 Å². The van der Waals surface area contributed by atoms with E-state index in [1.165, 1.54) is 96.2 Å². The van der Waals surface area contributed by atoms with Crippen LogP contribution in [0.4, 0.5) is 0 Å². The van der Waals surface area contributed by atoms with Crippen molar-refractivity contribution in [2.24, 2.45) is 0 Å². The number of aliphatic hydroxyl groups is 11. The normalized spacial score (nSPS) is 27.5. The highest BCUT2D eigenvalue weighted by Gasteiger charge is 2.51. The van der Waals surface area contributed by atoms with Crippen molar-refractivity contribution < 1.29 is 165 Å². The monoisotopic (exact) mass is 1610 g/mol. The molecular formula is C79H86O36. The molecule has 6 heterocycles. The van der Waals surface area contributed by atoms with Gasteiger partial charge in [0, 0.05) is 68.9 Å². The Morgan fingerprint density at radius 1 is 0.391 bits per heavy atom. The summed E-state index contributed by atoms with van der Waals surface area (Å²) >= 11 is 0. The van der Waals surface area contributed by atoms with Gasteiger partial charge in [0.1, 0.15) is 179 Å². The van der Waals surface area contributed by atoms with Gasteiger partial charge in [-0.05, 0) is 96.1 Å². The summed E-state index contributed by atoms with van der Waals surface area (Å²) in [6, 6.07) is 30.2.